The zero-order valence-electron chi connectivity index (χ0n) is 17.6. The summed E-state index contributed by atoms with van der Waals surface area (Å²) < 4.78 is 18.6. The number of hydrogen-bond donors (Lipinski definition) is 2. The van der Waals surface area contributed by atoms with E-state index in [0.29, 0.717) is 40.4 Å². The predicted octanol–water partition coefficient (Wildman–Crippen LogP) is 4.47. The van der Waals surface area contributed by atoms with Crippen molar-refractivity contribution >= 4 is 23.4 Å². The van der Waals surface area contributed by atoms with Crippen molar-refractivity contribution in [1.82, 2.24) is 25.3 Å². The van der Waals surface area contributed by atoms with Crippen molar-refractivity contribution in [2.45, 2.75) is 37.6 Å². The van der Waals surface area contributed by atoms with Crippen LogP contribution >= 0.6 is 11.8 Å². The van der Waals surface area contributed by atoms with E-state index in [9.17, 15) is 9.18 Å². The van der Waals surface area contributed by atoms with E-state index in [1.165, 1.54) is 23.9 Å². The molecule has 4 aromatic rings. The fourth-order valence-electron chi connectivity index (χ4n) is 2.96. The Bertz CT molecular complexity index is 1240. The van der Waals surface area contributed by atoms with E-state index in [4.69, 9.17) is 4.52 Å². The molecule has 10 heteroatoms. The minimum Gasteiger partial charge on any atom is -0.339 e. The molecule has 2 heterocycles. The summed E-state index contributed by atoms with van der Waals surface area (Å²) in [5.41, 5.74) is 3.51. The van der Waals surface area contributed by atoms with E-state index in [1.54, 1.807) is 12.1 Å². The first-order valence-electron chi connectivity index (χ1n) is 9.96. The molecule has 0 bridgehead atoms. The molecule has 0 saturated carbocycles. The molecule has 32 heavy (non-hydrogen) atoms. The lowest BCUT2D eigenvalue weighted by molar-refractivity contribution is -0.116. The van der Waals surface area contributed by atoms with E-state index < -0.39 is 0 Å². The normalized spacial score (nSPS) is 11.0. The third kappa shape index (κ3) is 5.58. The average Bonchev–Trinajstić information content (AvgIpc) is 3.43. The van der Waals surface area contributed by atoms with Crippen LogP contribution in [0.15, 0.2) is 52.1 Å². The molecule has 0 aliphatic carbocycles. The number of benzene rings is 2. The van der Waals surface area contributed by atoms with Crippen LogP contribution in [0.5, 0.6) is 0 Å². The second-order valence-corrected chi connectivity index (χ2v) is 8.18. The van der Waals surface area contributed by atoms with Crippen LogP contribution in [-0.4, -0.2) is 31.2 Å². The summed E-state index contributed by atoms with van der Waals surface area (Å²) in [4.78, 5) is 20.9. The molecule has 8 nitrogen and oxygen atoms in total. The number of aromatic nitrogens is 5. The third-order valence-electron chi connectivity index (χ3n) is 4.64. The molecule has 0 aliphatic rings. The van der Waals surface area contributed by atoms with Gasteiger partial charge in [0.1, 0.15) is 5.82 Å². The van der Waals surface area contributed by atoms with Gasteiger partial charge in [0.05, 0.1) is 5.75 Å². The summed E-state index contributed by atoms with van der Waals surface area (Å²) in [6.45, 7) is 3.93. The van der Waals surface area contributed by atoms with E-state index in [2.05, 4.69) is 30.6 Å². The first kappa shape index (κ1) is 21.7. The van der Waals surface area contributed by atoms with Gasteiger partial charge < -0.3 is 9.84 Å². The molecule has 0 spiro atoms. The minimum absolute atomic E-state index is 0.113. The lowest BCUT2D eigenvalue weighted by atomic mass is 10.1. The zero-order valence-corrected chi connectivity index (χ0v) is 18.4. The summed E-state index contributed by atoms with van der Waals surface area (Å²) >= 11 is 1.32. The van der Waals surface area contributed by atoms with Crippen LogP contribution in [0.3, 0.4) is 0 Å². The maximum absolute atomic E-state index is 13.4. The molecule has 0 atom stereocenters. The number of halogens is 1. The van der Waals surface area contributed by atoms with Crippen LogP contribution < -0.4 is 5.32 Å². The van der Waals surface area contributed by atoms with Gasteiger partial charge in [0.25, 0.3) is 0 Å². The standard InChI is InChI=1S/C22H21FN6O2S/c1-13-6-7-14(2)17(10-13)24-19(30)8-9-20-25-18(29-31-20)12-32-22-26-21(27-28-22)15-4-3-5-16(23)11-15/h3-7,10-11H,8-9,12H2,1-2H3,(H,24,30)(H,26,27,28). The van der Waals surface area contributed by atoms with Crippen LogP contribution in [0.4, 0.5) is 10.1 Å². The SMILES string of the molecule is Cc1ccc(C)c(NC(=O)CCc2nc(CSc3n[nH]c(-c4cccc(F)c4)n3)no2)c1. The van der Waals surface area contributed by atoms with E-state index in [1.807, 2.05) is 32.0 Å². The number of aromatic amines is 1. The van der Waals surface area contributed by atoms with Gasteiger partial charge in [-0.2, -0.15) is 4.98 Å². The van der Waals surface area contributed by atoms with Crippen LogP contribution in [0.1, 0.15) is 29.3 Å². The fourth-order valence-corrected chi connectivity index (χ4v) is 3.60. The first-order valence-corrected chi connectivity index (χ1v) is 10.9. The molecule has 2 N–H and O–H groups in total. The second-order valence-electron chi connectivity index (χ2n) is 7.24. The van der Waals surface area contributed by atoms with Gasteiger partial charge in [-0.15, -0.1) is 5.10 Å². The van der Waals surface area contributed by atoms with Gasteiger partial charge in [0.2, 0.25) is 17.0 Å². The van der Waals surface area contributed by atoms with Crippen molar-refractivity contribution in [2.24, 2.45) is 0 Å². The maximum atomic E-state index is 13.4. The molecule has 2 aromatic heterocycles. The topological polar surface area (TPSA) is 110 Å². The summed E-state index contributed by atoms with van der Waals surface area (Å²) in [5, 5.41) is 14.3. The Hall–Kier alpha value is -3.53. The number of thioether (sulfide) groups is 1. The molecule has 0 radical (unpaired) electrons. The number of aryl methyl sites for hydroxylation is 3. The number of carbonyl (C=O) groups is 1. The van der Waals surface area contributed by atoms with Crippen molar-refractivity contribution in [3.05, 3.63) is 71.1 Å². The molecule has 4 rings (SSSR count). The smallest absolute Gasteiger partial charge is 0.227 e. The monoisotopic (exact) mass is 452 g/mol. The van der Waals surface area contributed by atoms with Gasteiger partial charge in [0, 0.05) is 24.1 Å². The Kier molecular flexibility index (Phi) is 6.60. The Morgan fingerprint density at radius 1 is 1.19 bits per heavy atom. The highest BCUT2D eigenvalue weighted by Gasteiger charge is 2.13. The lowest BCUT2D eigenvalue weighted by Gasteiger charge is -2.08. The summed E-state index contributed by atoms with van der Waals surface area (Å²) in [5.74, 6) is 1.31. The van der Waals surface area contributed by atoms with Crippen molar-refractivity contribution in [1.29, 1.82) is 0 Å². The highest BCUT2D eigenvalue weighted by Crippen LogP contribution is 2.22. The van der Waals surface area contributed by atoms with Crippen molar-refractivity contribution in [3.8, 4) is 11.4 Å². The molecule has 0 unspecified atom stereocenters. The van der Waals surface area contributed by atoms with Crippen LogP contribution in [0.2, 0.25) is 0 Å². The Morgan fingerprint density at radius 3 is 2.91 bits per heavy atom. The Labute approximate surface area is 188 Å². The van der Waals surface area contributed by atoms with E-state index in [-0.39, 0.29) is 18.1 Å². The molecule has 0 saturated heterocycles. The van der Waals surface area contributed by atoms with Crippen molar-refractivity contribution in [3.63, 3.8) is 0 Å². The quantitative estimate of drug-likeness (QED) is 0.380. The largest absolute Gasteiger partial charge is 0.339 e. The van der Waals surface area contributed by atoms with E-state index >= 15 is 0 Å². The lowest BCUT2D eigenvalue weighted by Crippen LogP contribution is -2.13. The van der Waals surface area contributed by atoms with Gasteiger partial charge in [-0.25, -0.2) is 9.37 Å². The zero-order chi connectivity index (χ0) is 22.5. The predicted molar refractivity (Wildman–Crippen MR) is 119 cm³/mol. The summed E-state index contributed by atoms with van der Waals surface area (Å²) in [7, 11) is 0. The average molecular weight is 453 g/mol. The number of nitrogens with zero attached hydrogens (tertiary/aromatic N) is 4. The molecule has 1 amide bonds. The van der Waals surface area contributed by atoms with Crippen molar-refractivity contribution in [2.75, 3.05) is 5.32 Å². The van der Waals surface area contributed by atoms with Crippen LogP contribution in [-0.2, 0) is 17.0 Å². The minimum atomic E-state index is -0.338. The molecule has 0 aliphatic heterocycles. The summed E-state index contributed by atoms with van der Waals surface area (Å²) in [6.07, 6.45) is 0.582. The van der Waals surface area contributed by atoms with Gasteiger partial charge >= 0.3 is 0 Å². The first-order chi connectivity index (χ1) is 15.5. The van der Waals surface area contributed by atoms with E-state index in [0.717, 1.165) is 16.8 Å². The molecule has 0 fully saturated rings. The Balaban J connectivity index is 1.27. The van der Waals surface area contributed by atoms with Gasteiger partial charge in [-0.3, -0.25) is 9.89 Å². The van der Waals surface area contributed by atoms with Crippen LogP contribution in [0.25, 0.3) is 11.4 Å². The number of anilines is 1. The van der Waals surface area contributed by atoms with Crippen molar-refractivity contribution < 1.29 is 13.7 Å². The fraction of sp³-hybridized carbons (Fsp3) is 0.227. The van der Waals surface area contributed by atoms with Gasteiger partial charge in [-0.1, -0.05) is 41.2 Å². The second kappa shape index (κ2) is 9.73. The summed E-state index contributed by atoms with van der Waals surface area (Å²) in [6, 6.07) is 12.0. The molecular formula is C22H21FN6O2S. The van der Waals surface area contributed by atoms with Crippen LogP contribution in [0, 0.1) is 19.7 Å². The number of rotatable bonds is 8. The number of nitrogens with one attached hydrogen (secondary N) is 2. The molecule has 2 aromatic carbocycles. The number of hydrogen-bond acceptors (Lipinski definition) is 7. The highest BCUT2D eigenvalue weighted by atomic mass is 32.2. The van der Waals surface area contributed by atoms with Gasteiger partial charge in [-0.05, 0) is 43.2 Å². The number of carbonyl (C=O) groups excluding carboxylic acids is 1. The van der Waals surface area contributed by atoms with Gasteiger partial charge in [0.15, 0.2) is 11.6 Å². The maximum Gasteiger partial charge on any atom is 0.227 e. The Morgan fingerprint density at radius 2 is 2.06 bits per heavy atom. The number of H-pyrrole nitrogens is 1. The molecular weight excluding hydrogens is 431 g/mol. The number of amides is 1. The highest BCUT2D eigenvalue weighted by molar-refractivity contribution is 7.98. The molecule has 164 valence electrons. The third-order valence-corrected chi connectivity index (χ3v) is 5.48.